The first-order chi connectivity index (χ1) is 16.4. The summed E-state index contributed by atoms with van der Waals surface area (Å²) in [4.78, 5) is 26.8. The summed E-state index contributed by atoms with van der Waals surface area (Å²) in [5, 5.41) is 12.8. The Morgan fingerprint density at radius 3 is 2.44 bits per heavy atom. The van der Waals surface area contributed by atoms with Gasteiger partial charge in [-0.3, -0.25) is 9.59 Å². The van der Waals surface area contributed by atoms with E-state index in [-0.39, 0.29) is 25.3 Å². The Morgan fingerprint density at radius 1 is 1.12 bits per heavy atom. The number of carbonyl (C=O) groups excluding carboxylic acids is 2. The second-order valence-electron chi connectivity index (χ2n) is 7.78. The van der Waals surface area contributed by atoms with Crippen molar-refractivity contribution in [3.8, 4) is 11.8 Å². The molecule has 2 aromatic carbocycles. The van der Waals surface area contributed by atoms with E-state index >= 15 is 0 Å². The minimum absolute atomic E-state index is 0.0191. The molecule has 0 aliphatic heterocycles. The van der Waals surface area contributed by atoms with Crippen LogP contribution in [0.4, 0.5) is 5.69 Å². The molecule has 3 aromatic rings. The van der Waals surface area contributed by atoms with Crippen LogP contribution >= 0.6 is 0 Å². The lowest BCUT2D eigenvalue weighted by atomic mass is 10.1. The van der Waals surface area contributed by atoms with Crippen molar-refractivity contribution in [2.45, 2.75) is 46.3 Å². The monoisotopic (exact) mass is 461 g/mol. The fraction of sp³-hybridized carbons (Fsp3) is 0.308. The average Bonchev–Trinajstić information content (AvgIpc) is 3.16. The van der Waals surface area contributed by atoms with Gasteiger partial charge in [-0.1, -0.05) is 35.5 Å². The molecule has 0 N–H and O–H groups in total. The maximum atomic E-state index is 12.9. The van der Waals surface area contributed by atoms with Gasteiger partial charge in [-0.2, -0.15) is 5.26 Å². The lowest BCUT2D eigenvalue weighted by Crippen LogP contribution is -2.40. The number of esters is 1. The Labute approximate surface area is 198 Å². The molecule has 1 amide bonds. The molecule has 1 aromatic heterocycles. The maximum Gasteiger partial charge on any atom is 0.311 e. The molecular weight excluding hydrogens is 434 g/mol. The van der Waals surface area contributed by atoms with E-state index < -0.39 is 12.1 Å². The summed E-state index contributed by atoms with van der Waals surface area (Å²) in [5.74, 6) is 0.479. The number of amides is 1. The van der Waals surface area contributed by atoms with Crippen LogP contribution in [0.15, 0.2) is 59.1 Å². The third-order valence-corrected chi connectivity index (χ3v) is 5.27. The number of nitrogens with zero attached hydrogens (tertiary/aromatic N) is 3. The van der Waals surface area contributed by atoms with Crippen LogP contribution in [0.2, 0.25) is 0 Å². The van der Waals surface area contributed by atoms with E-state index in [1.165, 1.54) is 11.8 Å². The number of ether oxygens (including phenoxy) is 2. The van der Waals surface area contributed by atoms with E-state index in [9.17, 15) is 9.59 Å². The normalized spacial score (nSPS) is 11.4. The molecule has 8 heteroatoms. The number of para-hydroxylation sites is 1. The summed E-state index contributed by atoms with van der Waals surface area (Å²) in [5.41, 5.74) is 3.08. The number of hydrogen-bond donors (Lipinski definition) is 0. The van der Waals surface area contributed by atoms with Gasteiger partial charge in [0.05, 0.1) is 30.2 Å². The predicted molar refractivity (Wildman–Crippen MR) is 125 cm³/mol. The number of carbonyl (C=O) groups is 2. The molecule has 0 spiro atoms. The zero-order valence-corrected chi connectivity index (χ0v) is 19.5. The van der Waals surface area contributed by atoms with Gasteiger partial charge in [0.25, 0.3) is 5.91 Å². The van der Waals surface area contributed by atoms with E-state index in [0.717, 1.165) is 22.6 Å². The molecule has 1 heterocycles. The van der Waals surface area contributed by atoms with E-state index in [4.69, 9.17) is 19.3 Å². The van der Waals surface area contributed by atoms with Crippen molar-refractivity contribution in [2.24, 2.45) is 0 Å². The standard InChI is InChI=1S/C26H27N3O5/c1-18-24(19(2)34-28-18)17-32-23-12-10-21(11-13-23)16-25(30)33-20(3)26(31)29(15-7-14-27)22-8-5-4-6-9-22/h4-6,8-13,20H,7,15-17H2,1-3H3. The summed E-state index contributed by atoms with van der Waals surface area (Å²) in [7, 11) is 0. The Bertz CT molecular complexity index is 1130. The Balaban J connectivity index is 1.54. The highest BCUT2D eigenvalue weighted by atomic mass is 16.5. The van der Waals surface area contributed by atoms with Gasteiger partial charge in [0.15, 0.2) is 6.10 Å². The molecule has 0 radical (unpaired) electrons. The van der Waals surface area contributed by atoms with E-state index in [2.05, 4.69) is 5.16 Å². The number of anilines is 1. The number of rotatable bonds is 10. The van der Waals surface area contributed by atoms with Gasteiger partial charge in [-0.05, 0) is 50.6 Å². The molecule has 3 rings (SSSR count). The molecule has 0 saturated carbocycles. The van der Waals surface area contributed by atoms with Crippen molar-refractivity contribution in [1.29, 1.82) is 5.26 Å². The topological polar surface area (TPSA) is 106 Å². The first-order valence-electron chi connectivity index (χ1n) is 11.0. The molecular formula is C26H27N3O5. The predicted octanol–water partition coefficient (Wildman–Crippen LogP) is 4.29. The number of aromatic nitrogens is 1. The van der Waals surface area contributed by atoms with Crippen molar-refractivity contribution in [1.82, 2.24) is 5.16 Å². The lowest BCUT2D eigenvalue weighted by molar-refractivity contribution is -0.153. The Hall–Kier alpha value is -4.12. The van der Waals surface area contributed by atoms with Crippen molar-refractivity contribution >= 4 is 17.6 Å². The number of aryl methyl sites for hydroxylation is 2. The van der Waals surface area contributed by atoms with Crippen molar-refractivity contribution in [3.63, 3.8) is 0 Å². The zero-order valence-electron chi connectivity index (χ0n) is 19.5. The molecule has 1 atom stereocenters. The Kier molecular flexibility index (Phi) is 8.41. The van der Waals surface area contributed by atoms with E-state index in [0.29, 0.717) is 18.0 Å². The van der Waals surface area contributed by atoms with Crippen molar-refractivity contribution in [2.75, 3.05) is 11.4 Å². The first kappa shape index (κ1) is 24.5. The van der Waals surface area contributed by atoms with Gasteiger partial charge in [-0.15, -0.1) is 0 Å². The summed E-state index contributed by atoms with van der Waals surface area (Å²) < 4.78 is 16.3. The fourth-order valence-corrected chi connectivity index (χ4v) is 3.38. The summed E-state index contributed by atoms with van der Waals surface area (Å²) in [6.07, 6.45) is -0.791. The molecule has 8 nitrogen and oxygen atoms in total. The zero-order chi connectivity index (χ0) is 24.5. The lowest BCUT2D eigenvalue weighted by Gasteiger charge is -2.25. The minimum Gasteiger partial charge on any atom is -0.489 e. The van der Waals surface area contributed by atoms with Gasteiger partial charge in [-0.25, -0.2) is 0 Å². The number of hydrogen-bond acceptors (Lipinski definition) is 7. The highest BCUT2D eigenvalue weighted by molar-refractivity contribution is 5.97. The molecule has 0 aliphatic rings. The highest BCUT2D eigenvalue weighted by Gasteiger charge is 2.25. The van der Waals surface area contributed by atoms with Crippen LogP contribution in [0.1, 0.15) is 35.9 Å². The third kappa shape index (κ3) is 6.45. The van der Waals surface area contributed by atoms with Gasteiger partial charge >= 0.3 is 5.97 Å². The van der Waals surface area contributed by atoms with Gasteiger partial charge in [0.1, 0.15) is 18.1 Å². The third-order valence-electron chi connectivity index (χ3n) is 5.27. The largest absolute Gasteiger partial charge is 0.489 e. The molecule has 0 bridgehead atoms. The summed E-state index contributed by atoms with van der Waals surface area (Å²) in [6.45, 7) is 5.79. The van der Waals surface area contributed by atoms with Crippen LogP contribution in [0.5, 0.6) is 5.75 Å². The molecule has 176 valence electrons. The molecule has 1 unspecified atom stereocenters. The second-order valence-corrected chi connectivity index (χ2v) is 7.78. The number of nitriles is 1. The molecule has 0 fully saturated rings. The van der Waals surface area contributed by atoms with Crippen LogP contribution in [-0.2, 0) is 27.4 Å². The number of benzene rings is 2. The highest BCUT2D eigenvalue weighted by Crippen LogP contribution is 2.19. The van der Waals surface area contributed by atoms with Crippen LogP contribution in [0.25, 0.3) is 0 Å². The van der Waals surface area contributed by atoms with Gasteiger partial charge in [0.2, 0.25) is 0 Å². The van der Waals surface area contributed by atoms with E-state index in [1.807, 2.05) is 26.0 Å². The van der Waals surface area contributed by atoms with Crippen molar-refractivity contribution in [3.05, 3.63) is 77.2 Å². The minimum atomic E-state index is -0.982. The smallest absolute Gasteiger partial charge is 0.311 e. The molecule has 0 aliphatic carbocycles. The quantitative estimate of drug-likeness (QED) is 0.415. The summed E-state index contributed by atoms with van der Waals surface area (Å²) >= 11 is 0. The van der Waals surface area contributed by atoms with Crippen LogP contribution in [0, 0.1) is 25.2 Å². The molecule has 34 heavy (non-hydrogen) atoms. The molecule has 0 saturated heterocycles. The van der Waals surface area contributed by atoms with Crippen molar-refractivity contribution < 1.29 is 23.6 Å². The van der Waals surface area contributed by atoms with Gasteiger partial charge in [0, 0.05) is 12.2 Å². The fourth-order valence-electron chi connectivity index (χ4n) is 3.38. The van der Waals surface area contributed by atoms with E-state index in [1.54, 1.807) is 48.5 Å². The maximum absolute atomic E-state index is 12.9. The first-order valence-corrected chi connectivity index (χ1v) is 11.0. The average molecular weight is 462 g/mol. The SMILES string of the molecule is Cc1noc(C)c1COc1ccc(CC(=O)OC(C)C(=O)N(CCC#N)c2ccccc2)cc1. The summed E-state index contributed by atoms with van der Waals surface area (Å²) in [6, 6.07) is 18.1. The van der Waals surface area contributed by atoms with Crippen LogP contribution < -0.4 is 9.64 Å². The second kappa shape index (κ2) is 11.7. The van der Waals surface area contributed by atoms with Gasteiger partial charge < -0.3 is 18.9 Å². The van der Waals surface area contributed by atoms with Crippen LogP contribution in [-0.4, -0.2) is 29.7 Å². The Morgan fingerprint density at radius 2 is 1.82 bits per heavy atom. The van der Waals surface area contributed by atoms with Crippen LogP contribution in [0.3, 0.4) is 0 Å².